The smallest absolute Gasteiger partial charge is 0.224 e. The molecule has 0 aliphatic carbocycles. The quantitative estimate of drug-likeness (QED) is 0.882. The summed E-state index contributed by atoms with van der Waals surface area (Å²) in [7, 11) is -3.24. The average Bonchev–Trinajstić information content (AvgIpc) is 2.55. The molecule has 2 aromatic carbocycles. The van der Waals surface area contributed by atoms with E-state index in [1.165, 1.54) is 24.3 Å². The minimum atomic E-state index is -3.24. The average molecular weight is 335 g/mol. The number of halogens is 1. The summed E-state index contributed by atoms with van der Waals surface area (Å²) in [5.41, 5.74) is 1.43. The number of hydrogen-bond donors (Lipinski definition) is 1. The van der Waals surface area contributed by atoms with Crippen LogP contribution in [0.5, 0.6) is 0 Å². The van der Waals surface area contributed by atoms with Crippen LogP contribution in [0.15, 0.2) is 53.4 Å². The molecule has 0 aliphatic rings. The monoisotopic (exact) mass is 335 g/mol. The molecular formula is C17H18FNO3S. The highest BCUT2D eigenvalue weighted by Crippen LogP contribution is 2.16. The van der Waals surface area contributed by atoms with Crippen LogP contribution in [0.2, 0.25) is 0 Å². The molecule has 0 atom stereocenters. The molecule has 0 aliphatic heterocycles. The first-order valence-corrected chi connectivity index (χ1v) is 8.93. The molecule has 0 radical (unpaired) electrons. The summed E-state index contributed by atoms with van der Waals surface area (Å²) in [5.74, 6) is -0.447. The maximum Gasteiger partial charge on any atom is 0.224 e. The van der Waals surface area contributed by atoms with Gasteiger partial charge in [0.05, 0.1) is 10.6 Å². The molecule has 2 aromatic rings. The van der Waals surface area contributed by atoms with Gasteiger partial charge in [0.2, 0.25) is 5.91 Å². The summed E-state index contributed by atoms with van der Waals surface area (Å²) in [5, 5.41) is 2.71. The number of carbonyl (C=O) groups is 1. The van der Waals surface area contributed by atoms with E-state index in [2.05, 4.69) is 5.32 Å². The second-order valence-corrected chi connectivity index (χ2v) is 7.38. The zero-order chi connectivity index (χ0) is 16.9. The summed E-state index contributed by atoms with van der Waals surface area (Å²) in [4.78, 5) is 12.1. The Balaban J connectivity index is 1.91. The van der Waals surface area contributed by atoms with Crippen molar-refractivity contribution in [2.45, 2.75) is 24.7 Å². The third-order valence-electron chi connectivity index (χ3n) is 3.43. The van der Waals surface area contributed by atoms with E-state index in [0.29, 0.717) is 12.1 Å². The van der Waals surface area contributed by atoms with Crippen molar-refractivity contribution in [2.24, 2.45) is 0 Å². The highest BCUT2D eigenvalue weighted by Gasteiger charge is 2.11. The number of anilines is 1. The molecule has 0 heterocycles. The topological polar surface area (TPSA) is 63.2 Å². The normalized spacial score (nSPS) is 11.2. The van der Waals surface area contributed by atoms with Gasteiger partial charge in [-0.05, 0) is 48.4 Å². The first-order valence-electron chi connectivity index (χ1n) is 7.28. The Kier molecular flexibility index (Phi) is 5.50. The Bertz CT molecular complexity index is 768. The van der Waals surface area contributed by atoms with Crippen LogP contribution in [0.1, 0.15) is 18.9 Å². The molecule has 23 heavy (non-hydrogen) atoms. The largest absolute Gasteiger partial charge is 0.326 e. The summed E-state index contributed by atoms with van der Waals surface area (Å²) in [6.07, 6.45) is 0.773. The zero-order valence-corrected chi connectivity index (χ0v) is 13.6. The fourth-order valence-corrected chi connectivity index (χ4v) is 2.93. The van der Waals surface area contributed by atoms with Crippen molar-refractivity contribution in [3.8, 4) is 0 Å². The van der Waals surface area contributed by atoms with Crippen LogP contribution in [0.25, 0.3) is 0 Å². The number of hydrogen-bond acceptors (Lipinski definition) is 3. The Labute approximate surface area is 135 Å². The molecule has 0 bridgehead atoms. The highest BCUT2D eigenvalue weighted by atomic mass is 32.2. The van der Waals surface area contributed by atoms with Crippen LogP contribution in [-0.4, -0.2) is 20.1 Å². The van der Waals surface area contributed by atoms with Crippen LogP contribution < -0.4 is 5.32 Å². The molecule has 6 heteroatoms. The molecule has 1 amide bonds. The van der Waals surface area contributed by atoms with Gasteiger partial charge in [-0.2, -0.15) is 0 Å². The molecule has 4 nitrogen and oxygen atoms in total. The van der Waals surface area contributed by atoms with E-state index < -0.39 is 9.84 Å². The third kappa shape index (κ3) is 4.89. The molecular weight excluding hydrogens is 317 g/mol. The number of carbonyl (C=O) groups excluding carboxylic acids is 1. The number of sulfone groups is 1. The lowest BCUT2D eigenvalue weighted by Gasteiger charge is -2.07. The molecule has 2 rings (SSSR count). The van der Waals surface area contributed by atoms with E-state index in [-0.39, 0.29) is 28.8 Å². The second-order valence-electron chi connectivity index (χ2n) is 5.10. The van der Waals surface area contributed by atoms with Gasteiger partial charge in [-0.1, -0.05) is 19.1 Å². The van der Waals surface area contributed by atoms with Crippen LogP contribution in [0.3, 0.4) is 0 Å². The minimum Gasteiger partial charge on any atom is -0.326 e. The Morgan fingerprint density at radius 2 is 1.65 bits per heavy atom. The minimum absolute atomic E-state index is 0.0381. The van der Waals surface area contributed by atoms with Gasteiger partial charge in [0.15, 0.2) is 9.84 Å². The van der Waals surface area contributed by atoms with Crippen LogP contribution in [0.4, 0.5) is 10.1 Å². The van der Waals surface area contributed by atoms with E-state index in [0.717, 1.165) is 5.56 Å². The Morgan fingerprint density at radius 3 is 2.22 bits per heavy atom. The van der Waals surface area contributed by atoms with Crippen molar-refractivity contribution >= 4 is 21.4 Å². The Morgan fingerprint density at radius 1 is 1.04 bits per heavy atom. The molecule has 0 unspecified atom stereocenters. The van der Waals surface area contributed by atoms with Gasteiger partial charge in [-0.15, -0.1) is 0 Å². The lowest BCUT2D eigenvalue weighted by atomic mass is 10.1. The number of amides is 1. The van der Waals surface area contributed by atoms with E-state index in [9.17, 15) is 17.6 Å². The summed E-state index contributed by atoms with van der Waals surface area (Å²) >= 11 is 0. The SMILES string of the molecule is CCS(=O)(=O)c1ccc(NC(=O)CCc2ccc(F)cc2)cc1. The van der Waals surface area contributed by atoms with Crippen molar-refractivity contribution in [2.75, 3.05) is 11.1 Å². The first kappa shape index (κ1) is 17.1. The van der Waals surface area contributed by atoms with Gasteiger partial charge in [0.1, 0.15) is 5.82 Å². The summed E-state index contributed by atoms with van der Waals surface area (Å²) < 4.78 is 36.2. The van der Waals surface area contributed by atoms with E-state index in [1.54, 1.807) is 31.2 Å². The highest BCUT2D eigenvalue weighted by molar-refractivity contribution is 7.91. The molecule has 122 valence electrons. The fourth-order valence-electron chi connectivity index (χ4n) is 2.04. The molecule has 0 fully saturated rings. The van der Waals surface area contributed by atoms with Gasteiger partial charge in [-0.3, -0.25) is 4.79 Å². The van der Waals surface area contributed by atoms with Crippen molar-refractivity contribution in [3.05, 3.63) is 59.9 Å². The van der Waals surface area contributed by atoms with Crippen molar-refractivity contribution in [3.63, 3.8) is 0 Å². The molecule has 0 saturated heterocycles. The van der Waals surface area contributed by atoms with Gasteiger partial charge in [0, 0.05) is 12.1 Å². The third-order valence-corrected chi connectivity index (χ3v) is 5.18. The summed E-state index contributed by atoms with van der Waals surface area (Å²) in [6, 6.07) is 12.1. The Hall–Kier alpha value is -2.21. The molecule has 0 spiro atoms. The number of benzene rings is 2. The summed E-state index contributed by atoms with van der Waals surface area (Å²) in [6.45, 7) is 1.58. The number of rotatable bonds is 6. The van der Waals surface area contributed by atoms with Crippen LogP contribution in [0, 0.1) is 5.82 Å². The van der Waals surface area contributed by atoms with Crippen molar-refractivity contribution < 1.29 is 17.6 Å². The molecule has 0 aromatic heterocycles. The number of nitrogens with one attached hydrogen (secondary N) is 1. The number of aryl methyl sites for hydroxylation is 1. The van der Waals surface area contributed by atoms with Gasteiger partial charge in [-0.25, -0.2) is 12.8 Å². The van der Waals surface area contributed by atoms with E-state index in [1.807, 2.05) is 0 Å². The molecule has 0 saturated carbocycles. The standard InChI is InChI=1S/C17H18FNO3S/c1-2-23(21,22)16-10-8-15(9-11-16)19-17(20)12-5-13-3-6-14(18)7-4-13/h3-4,6-11H,2,5,12H2,1H3,(H,19,20). The fraction of sp³-hybridized carbons (Fsp3) is 0.235. The maximum atomic E-state index is 12.8. The molecule has 1 N–H and O–H groups in total. The maximum absolute atomic E-state index is 12.8. The van der Waals surface area contributed by atoms with Gasteiger partial charge in [0.25, 0.3) is 0 Å². The van der Waals surface area contributed by atoms with Crippen LogP contribution in [-0.2, 0) is 21.1 Å². The van der Waals surface area contributed by atoms with Gasteiger partial charge >= 0.3 is 0 Å². The predicted molar refractivity (Wildman–Crippen MR) is 87.5 cm³/mol. The zero-order valence-electron chi connectivity index (χ0n) is 12.8. The van der Waals surface area contributed by atoms with Crippen molar-refractivity contribution in [1.29, 1.82) is 0 Å². The first-order chi connectivity index (χ1) is 10.9. The van der Waals surface area contributed by atoms with E-state index >= 15 is 0 Å². The lowest BCUT2D eigenvalue weighted by Crippen LogP contribution is -2.12. The predicted octanol–water partition coefficient (Wildman–Crippen LogP) is 3.19. The lowest BCUT2D eigenvalue weighted by molar-refractivity contribution is -0.116. The van der Waals surface area contributed by atoms with Crippen molar-refractivity contribution in [1.82, 2.24) is 0 Å². The van der Waals surface area contributed by atoms with Crippen LogP contribution >= 0.6 is 0 Å². The van der Waals surface area contributed by atoms with E-state index in [4.69, 9.17) is 0 Å². The second kappa shape index (κ2) is 7.37. The van der Waals surface area contributed by atoms with Gasteiger partial charge < -0.3 is 5.32 Å².